The molecular formula is C27H45NO6. The maximum atomic E-state index is 12.5. The van der Waals surface area contributed by atoms with Crippen molar-refractivity contribution in [3.05, 3.63) is 11.6 Å². The minimum atomic E-state index is -1.01. The number of hydrogen-bond donors (Lipinski definition) is 0. The van der Waals surface area contributed by atoms with Gasteiger partial charge in [-0.25, -0.2) is 9.78 Å². The quantitative estimate of drug-likeness (QED) is 0.180. The van der Waals surface area contributed by atoms with Crippen molar-refractivity contribution >= 4 is 11.8 Å². The zero-order valence-corrected chi connectivity index (χ0v) is 22.1. The Balaban J connectivity index is 1.67. The van der Waals surface area contributed by atoms with Crippen LogP contribution in [0.5, 0.6) is 0 Å². The molecule has 2 saturated carbocycles. The summed E-state index contributed by atoms with van der Waals surface area (Å²) in [6, 6.07) is 0. The Morgan fingerprint density at radius 1 is 0.853 bits per heavy atom. The van der Waals surface area contributed by atoms with Crippen LogP contribution in [0.3, 0.4) is 0 Å². The Kier molecular flexibility index (Phi) is 9.73. The maximum absolute atomic E-state index is 12.5. The molecule has 2 fully saturated rings. The van der Waals surface area contributed by atoms with E-state index in [0.717, 1.165) is 30.6 Å². The van der Waals surface area contributed by atoms with E-state index < -0.39 is 6.29 Å². The highest BCUT2D eigenvalue weighted by Gasteiger charge is 2.37. The first kappa shape index (κ1) is 27.3. The molecule has 194 valence electrons. The van der Waals surface area contributed by atoms with Gasteiger partial charge in [0.05, 0.1) is 18.8 Å². The van der Waals surface area contributed by atoms with Gasteiger partial charge in [0.2, 0.25) is 6.29 Å². The van der Waals surface area contributed by atoms with Crippen molar-refractivity contribution in [2.75, 3.05) is 6.54 Å². The second-order valence-corrected chi connectivity index (χ2v) is 11.6. The summed E-state index contributed by atoms with van der Waals surface area (Å²) in [7, 11) is 0. The van der Waals surface area contributed by atoms with Gasteiger partial charge < -0.3 is 0 Å². The zero-order valence-electron chi connectivity index (χ0n) is 22.1. The summed E-state index contributed by atoms with van der Waals surface area (Å²) >= 11 is 0. The minimum Gasteiger partial charge on any atom is -0.270 e. The molecule has 0 N–H and O–H groups in total. The van der Waals surface area contributed by atoms with Gasteiger partial charge in [0.15, 0.2) is 0 Å². The van der Waals surface area contributed by atoms with Crippen LogP contribution in [0, 0.1) is 35.5 Å². The summed E-state index contributed by atoms with van der Waals surface area (Å²) in [4.78, 5) is 49.5. The largest absolute Gasteiger partial charge is 0.270 e. The summed E-state index contributed by atoms with van der Waals surface area (Å²) in [5.41, 5.74) is 0.410. The molecule has 0 radical (unpaired) electrons. The van der Waals surface area contributed by atoms with Crippen LogP contribution in [-0.4, -0.2) is 41.8 Å². The van der Waals surface area contributed by atoms with Crippen molar-refractivity contribution in [1.82, 2.24) is 4.90 Å². The molecule has 7 heteroatoms. The monoisotopic (exact) mass is 479 g/mol. The van der Waals surface area contributed by atoms with Gasteiger partial charge in [-0.15, -0.1) is 0 Å². The van der Waals surface area contributed by atoms with Gasteiger partial charge in [0, 0.05) is 11.6 Å². The van der Waals surface area contributed by atoms with E-state index in [1.165, 1.54) is 18.9 Å². The van der Waals surface area contributed by atoms with E-state index in [-0.39, 0.29) is 30.6 Å². The van der Waals surface area contributed by atoms with E-state index in [1.807, 2.05) is 0 Å². The lowest BCUT2D eigenvalue weighted by molar-refractivity contribution is -0.489. The van der Waals surface area contributed by atoms with Gasteiger partial charge in [-0.05, 0) is 68.1 Å². The number of hydrogen-bond acceptors (Lipinski definition) is 6. The Morgan fingerprint density at radius 2 is 1.32 bits per heavy atom. The summed E-state index contributed by atoms with van der Waals surface area (Å²) in [6.07, 6.45) is 6.60. The molecule has 1 aliphatic heterocycles. The number of rotatable bonds is 10. The van der Waals surface area contributed by atoms with Gasteiger partial charge in [-0.1, -0.05) is 54.4 Å². The molecule has 1 heterocycles. The number of carbonyl (C=O) groups is 2. The third-order valence-electron chi connectivity index (χ3n) is 8.02. The first-order chi connectivity index (χ1) is 16.1. The lowest BCUT2D eigenvalue weighted by atomic mass is 9.75. The molecule has 0 aromatic rings. The smallest absolute Gasteiger partial charge is 0.256 e. The Bertz CT molecular complexity index is 699. The van der Waals surface area contributed by atoms with Crippen LogP contribution in [0.15, 0.2) is 11.6 Å². The minimum absolute atomic E-state index is 0.0576. The second kappa shape index (κ2) is 12.1. The van der Waals surface area contributed by atoms with Crippen LogP contribution in [0.4, 0.5) is 0 Å². The highest BCUT2D eigenvalue weighted by Crippen LogP contribution is 2.37. The van der Waals surface area contributed by atoms with Gasteiger partial charge in [-0.3, -0.25) is 14.5 Å². The third kappa shape index (κ3) is 6.90. The molecule has 0 aromatic heterocycles. The first-order valence-corrected chi connectivity index (χ1v) is 13.2. The number of carbonyl (C=O) groups excluding carboxylic acids is 2. The number of amides is 2. The molecule has 7 nitrogen and oxygen atoms in total. The fourth-order valence-electron chi connectivity index (χ4n) is 5.75. The van der Waals surface area contributed by atoms with Crippen molar-refractivity contribution in [2.45, 2.75) is 105 Å². The zero-order chi connectivity index (χ0) is 25.0. The second-order valence-electron chi connectivity index (χ2n) is 11.6. The Labute approximate surface area is 205 Å². The molecule has 0 saturated heterocycles. The number of imide groups is 1. The summed E-state index contributed by atoms with van der Waals surface area (Å²) in [5, 5.41) is 0. The lowest BCUT2D eigenvalue weighted by Gasteiger charge is -2.38. The van der Waals surface area contributed by atoms with Crippen LogP contribution in [0.25, 0.3) is 0 Å². The standard InChI is InChI=1S/C27H45NO6/c1-16(2)21-10-8-18(5)12-23(21)31-33-26(15-28-25(29)14-20(7)27(28)30)34-32-24-13-19(6)9-11-22(24)17(3)4/h14,16-19,21-24,26H,8-13,15H2,1-7H3. The first-order valence-electron chi connectivity index (χ1n) is 13.2. The fraction of sp³-hybridized carbons (Fsp3) is 0.852. The van der Waals surface area contributed by atoms with Gasteiger partial charge in [-0.2, -0.15) is 9.78 Å². The average Bonchev–Trinajstić information content (AvgIpc) is 3.00. The highest BCUT2D eigenvalue weighted by molar-refractivity contribution is 6.15. The van der Waals surface area contributed by atoms with E-state index in [0.29, 0.717) is 41.1 Å². The van der Waals surface area contributed by atoms with E-state index in [2.05, 4.69) is 41.5 Å². The summed E-state index contributed by atoms with van der Waals surface area (Å²) < 4.78 is 0. The van der Waals surface area contributed by atoms with Crippen LogP contribution in [0.2, 0.25) is 0 Å². The fourth-order valence-corrected chi connectivity index (χ4v) is 5.75. The van der Waals surface area contributed by atoms with E-state index in [1.54, 1.807) is 6.92 Å². The molecule has 0 bridgehead atoms. The Morgan fingerprint density at radius 3 is 1.71 bits per heavy atom. The van der Waals surface area contributed by atoms with Crippen LogP contribution in [-0.2, 0) is 29.1 Å². The highest BCUT2D eigenvalue weighted by atomic mass is 17.3. The molecule has 0 spiro atoms. The van der Waals surface area contributed by atoms with Crippen molar-refractivity contribution in [1.29, 1.82) is 0 Å². The summed E-state index contributed by atoms with van der Waals surface area (Å²) in [5.74, 6) is 2.15. The average molecular weight is 480 g/mol. The predicted octanol–water partition coefficient (Wildman–Crippen LogP) is 5.45. The molecule has 6 atom stereocenters. The SMILES string of the molecule is CC1=CC(=O)N(CC(OOC2CC(C)CCC2C(C)C)OOC2CC(C)CCC2C(C)C)C1=O. The predicted molar refractivity (Wildman–Crippen MR) is 129 cm³/mol. The Hall–Kier alpha value is -1.28. The number of nitrogens with zero attached hydrogens (tertiary/aromatic N) is 1. The van der Waals surface area contributed by atoms with Crippen molar-refractivity contribution in [3.63, 3.8) is 0 Å². The van der Waals surface area contributed by atoms with Gasteiger partial charge >= 0.3 is 0 Å². The maximum Gasteiger partial charge on any atom is 0.256 e. The van der Waals surface area contributed by atoms with Crippen molar-refractivity contribution in [3.8, 4) is 0 Å². The van der Waals surface area contributed by atoms with E-state index in [9.17, 15) is 9.59 Å². The molecule has 2 aliphatic carbocycles. The molecular weight excluding hydrogens is 434 g/mol. The van der Waals surface area contributed by atoms with Crippen LogP contribution < -0.4 is 0 Å². The van der Waals surface area contributed by atoms with Crippen LogP contribution >= 0.6 is 0 Å². The molecule has 0 aromatic carbocycles. The molecule has 2 amide bonds. The van der Waals surface area contributed by atoms with Crippen molar-refractivity contribution < 1.29 is 29.1 Å². The molecule has 3 rings (SSSR count). The normalized spacial score (nSPS) is 33.7. The van der Waals surface area contributed by atoms with Crippen LogP contribution in [0.1, 0.15) is 87.0 Å². The molecule has 6 unspecified atom stereocenters. The summed E-state index contributed by atoms with van der Waals surface area (Å²) in [6.45, 7) is 14.9. The lowest BCUT2D eigenvalue weighted by Crippen LogP contribution is -2.43. The van der Waals surface area contributed by atoms with E-state index >= 15 is 0 Å². The van der Waals surface area contributed by atoms with Gasteiger partial charge in [0.25, 0.3) is 11.8 Å². The van der Waals surface area contributed by atoms with Gasteiger partial charge in [0.1, 0.15) is 0 Å². The topological polar surface area (TPSA) is 74.3 Å². The molecule has 3 aliphatic rings. The third-order valence-corrected chi connectivity index (χ3v) is 8.02. The van der Waals surface area contributed by atoms with E-state index in [4.69, 9.17) is 19.6 Å². The van der Waals surface area contributed by atoms with Crippen molar-refractivity contribution in [2.24, 2.45) is 35.5 Å². The molecule has 34 heavy (non-hydrogen) atoms.